The van der Waals surface area contributed by atoms with Gasteiger partial charge in [0.1, 0.15) is 17.4 Å². The van der Waals surface area contributed by atoms with Crippen LogP contribution in [0.3, 0.4) is 0 Å². The van der Waals surface area contributed by atoms with Crippen LogP contribution >= 0.6 is 0 Å². The van der Waals surface area contributed by atoms with Crippen LogP contribution in [0.4, 0.5) is 0 Å². The number of hydrogen-bond acceptors (Lipinski definition) is 3. The number of nitrogens with zero attached hydrogens (tertiary/aromatic N) is 1. The summed E-state index contributed by atoms with van der Waals surface area (Å²) < 4.78 is 4.92. The number of carbonyl (C=O) groups is 1. The number of aryl methyl sites for hydroxylation is 1. The van der Waals surface area contributed by atoms with Crippen LogP contribution in [0.2, 0.25) is 0 Å². The molecule has 0 aliphatic heterocycles. The van der Waals surface area contributed by atoms with Crippen molar-refractivity contribution in [2.24, 2.45) is 0 Å². The van der Waals surface area contributed by atoms with Crippen LogP contribution in [0.25, 0.3) is 0 Å². The first-order valence-corrected chi connectivity index (χ1v) is 3.92. The van der Waals surface area contributed by atoms with Gasteiger partial charge in [0.15, 0.2) is 0 Å². The summed E-state index contributed by atoms with van der Waals surface area (Å²) in [6, 6.07) is 4.90. The van der Waals surface area contributed by atoms with Crippen molar-refractivity contribution in [3.8, 4) is 11.8 Å². The van der Waals surface area contributed by atoms with E-state index >= 15 is 0 Å². The second-order valence-corrected chi connectivity index (χ2v) is 2.81. The zero-order valence-electron chi connectivity index (χ0n) is 7.87. The number of nitriles is 1. The van der Waals surface area contributed by atoms with Crippen molar-refractivity contribution < 1.29 is 14.6 Å². The molecule has 0 unspecified atom stereocenters. The Hall–Kier alpha value is -2.02. The van der Waals surface area contributed by atoms with E-state index in [9.17, 15) is 4.79 Å². The number of ether oxygens (including phenoxy) is 1. The molecule has 0 radical (unpaired) electrons. The zero-order chi connectivity index (χ0) is 10.7. The van der Waals surface area contributed by atoms with Crippen molar-refractivity contribution in [1.29, 1.82) is 5.26 Å². The molecule has 0 saturated carbocycles. The van der Waals surface area contributed by atoms with Gasteiger partial charge in [-0.1, -0.05) is 0 Å². The standard InChI is InChI=1S/C10H9NO3/c1-6-3-7(10(12)13)8(5-11)9(4-6)14-2/h3-4H,1-2H3,(H,12,13). The van der Waals surface area contributed by atoms with Crippen LogP contribution in [0.5, 0.6) is 5.75 Å². The summed E-state index contributed by atoms with van der Waals surface area (Å²) in [5.41, 5.74) is 0.785. The van der Waals surface area contributed by atoms with Gasteiger partial charge in [0, 0.05) is 0 Å². The molecule has 1 aromatic rings. The monoisotopic (exact) mass is 191 g/mol. The lowest BCUT2D eigenvalue weighted by molar-refractivity contribution is 0.0696. The van der Waals surface area contributed by atoms with E-state index in [1.807, 2.05) is 6.07 Å². The van der Waals surface area contributed by atoms with Crippen molar-refractivity contribution in [2.75, 3.05) is 7.11 Å². The Balaban J connectivity index is 3.49. The highest BCUT2D eigenvalue weighted by atomic mass is 16.5. The Labute approximate surface area is 81.4 Å². The van der Waals surface area contributed by atoms with Crippen molar-refractivity contribution in [2.45, 2.75) is 6.92 Å². The molecule has 0 spiro atoms. The number of methoxy groups -OCH3 is 1. The van der Waals surface area contributed by atoms with E-state index in [0.717, 1.165) is 5.56 Å². The first kappa shape index (κ1) is 10.1. The molecule has 14 heavy (non-hydrogen) atoms. The highest BCUT2D eigenvalue weighted by Gasteiger charge is 2.15. The lowest BCUT2D eigenvalue weighted by atomic mass is 10.0. The molecule has 1 rings (SSSR count). The largest absolute Gasteiger partial charge is 0.495 e. The topological polar surface area (TPSA) is 70.3 Å². The Morgan fingerprint density at radius 1 is 1.57 bits per heavy atom. The van der Waals surface area contributed by atoms with Gasteiger partial charge in [-0.05, 0) is 24.6 Å². The molecule has 4 heteroatoms. The van der Waals surface area contributed by atoms with E-state index in [4.69, 9.17) is 15.1 Å². The molecular weight excluding hydrogens is 182 g/mol. The van der Waals surface area contributed by atoms with Gasteiger partial charge in [0.25, 0.3) is 0 Å². The smallest absolute Gasteiger partial charge is 0.337 e. The Morgan fingerprint density at radius 2 is 2.21 bits per heavy atom. The lowest BCUT2D eigenvalue weighted by Crippen LogP contribution is -2.03. The molecule has 4 nitrogen and oxygen atoms in total. The number of aromatic carboxylic acids is 1. The van der Waals surface area contributed by atoms with Crippen molar-refractivity contribution >= 4 is 5.97 Å². The van der Waals surface area contributed by atoms with Crippen LogP contribution < -0.4 is 4.74 Å². The Bertz CT molecular complexity index is 418. The van der Waals surface area contributed by atoms with E-state index in [0.29, 0.717) is 5.75 Å². The summed E-state index contributed by atoms with van der Waals surface area (Å²) in [6.07, 6.45) is 0. The minimum absolute atomic E-state index is 0.0237. The predicted molar refractivity (Wildman–Crippen MR) is 49.4 cm³/mol. The molecule has 0 aromatic heterocycles. The maximum absolute atomic E-state index is 10.8. The molecular formula is C10H9NO3. The second-order valence-electron chi connectivity index (χ2n) is 2.81. The molecule has 0 amide bonds. The molecule has 0 atom stereocenters. The van der Waals surface area contributed by atoms with Gasteiger partial charge >= 0.3 is 5.97 Å². The van der Waals surface area contributed by atoms with Crippen LogP contribution in [0.15, 0.2) is 12.1 Å². The highest BCUT2D eigenvalue weighted by molar-refractivity contribution is 5.91. The highest BCUT2D eigenvalue weighted by Crippen LogP contribution is 2.23. The third kappa shape index (κ3) is 1.67. The van der Waals surface area contributed by atoms with E-state index in [1.54, 1.807) is 13.0 Å². The minimum atomic E-state index is -1.12. The third-order valence-corrected chi connectivity index (χ3v) is 1.81. The van der Waals surface area contributed by atoms with E-state index in [-0.39, 0.29) is 11.1 Å². The Kier molecular flexibility index (Phi) is 2.73. The summed E-state index contributed by atoms with van der Waals surface area (Å²) in [5, 5.41) is 17.6. The fraction of sp³-hybridized carbons (Fsp3) is 0.200. The number of hydrogen-bond donors (Lipinski definition) is 1. The number of rotatable bonds is 2. The third-order valence-electron chi connectivity index (χ3n) is 1.81. The molecule has 0 bridgehead atoms. The van der Waals surface area contributed by atoms with Gasteiger partial charge in [-0.3, -0.25) is 0 Å². The van der Waals surface area contributed by atoms with Crippen molar-refractivity contribution in [3.05, 3.63) is 28.8 Å². The molecule has 72 valence electrons. The van der Waals surface area contributed by atoms with Gasteiger partial charge in [-0.15, -0.1) is 0 Å². The molecule has 1 aromatic carbocycles. The van der Waals surface area contributed by atoms with E-state index < -0.39 is 5.97 Å². The zero-order valence-corrected chi connectivity index (χ0v) is 7.87. The fourth-order valence-electron chi connectivity index (χ4n) is 1.20. The van der Waals surface area contributed by atoms with Crippen LogP contribution in [0.1, 0.15) is 21.5 Å². The lowest BCUT2D eigenvalue weighted by Gasteiger charge is -2.06. The maximum Gasteiger partial charge on any atom is 0.337 e. The maximum atomic E-state index is 10.8. The summed E-state index contributed by atoms with van der Waals surface area (Å²) in [7, 11) is 1.40. The SMILES string of the molecule is COc1cc(C)cc(C(=O)O)c1C#N. The number of carboxylic acid groups (broad SMARTS) is 1. The van der Waals surface area contributed by atoms with Crippen molar-refractivity contribution in [1.82, 2.24) is 0 Å². The molecule has 0 aliphatic rings. The molecule has 0 aliphatic carbocycles. The van der Waals surface area contributed by atoms with Gasteiger partial charge in [0.05, 0.1) is 12.7 Å². The average molecular weight is 191 g/mol. The van der Waals surface area contributed by atoms with Crippen LogP contribution in [-0.4, -0.2) is 18.2 Å². The minimum Gasteiger partial charge on any atom is -0.495 e. The van der Waals surface area contributed by atoms with Gasteiger partial charge in [-0.2, -0.15) is 5.26 Å². The summed E-state index contributed by atoms with van der Waals surface area (Å²) >= 11 is 0. The normalized spacial score (nSPS) is 9.21. The number of carboxylic acids is 1. The van der Waals surface area contributed by atoms with Crippen LogP contribution in [0, 0.1) is 18.3 Å². The molecule has 0 saturated heterocycles. The second kappa shape index (κ2) is 3.79. The first-order valence-electron chi connectivity index (χ1n) is 3.92. The summed E-state index contributed by atoms with van der Waals surface area (Å²) in [4.78, 5) is 10.8. The average Bonchev–Trinajstić information content (AvgIpc) is 2.16. The van der Waals surface area contributed by atoms with E-state index in [2.05, 4.69) is 0 Å². The van der Waals surface area contributed by atoms with Crippen molar-refractivity contribution in [3.63, 3.8) is 0 Å². The summed E-state index contributed by atoms with van der Waals surface area (Å²) in [6.45, 7) is 1.75. The fourth-order valence-corrected chi connectivity index (χ4v) is 1.20. The quantitative estimate of drug-likeness (QED) is 0.770. The first-order chi connectivity index (χ1) is 6.60. The Morgan fingerprint density at radius 3 is 2.64 bits per heavy atom. The number of benzene rings is 1. The summed E-state index contributed by atoms with van der Waals surface area (Å²) in [5.74, 6) is -0.826. The van der Waals surface area contributed by atoms with E-state index in [1.165, 1.54) is 13.2 Å². The molecule has 1 N–H and O–H groups in total. The van der Waals surface area contributed by atoms with Gasteiger partial charge < -0.3 is 9.84 Å². The van der Waals surface area contributed by atoms with Gasteiger partial charge in [0.2, 0.25) is 0 Å². The van der Waals surface area contributed by atoms with Crippen LogP contribution in [-0.2, 0) is 0 Å². The van der Waals surface area contributed by atoms with Gasteiger partial charge in [-0.25, -0.2) is 4.79 Å². The molecule has 0 heterocycles. The molecule has 0 fully saturated rings. The predicted octanol–water partition coefficient (Wildman–Crippen LogP) is 1.57.